The molecule has 3 N–H and O–H groups in total. The van der Waals surface area contributed by atoms with Gasteiger partial charge in [-0.2, -0.15) is 13.2 Å². The van der Waals surface area contributed by atoms with Gasteiger partial charge in [0, 0.05) is 36.7 Å². The molecule has 2 amide bonds. The number of rotatable bonds is 11. The summed E-state index contributed by atoms with van der Waals surface area (Å²) < 4.78 is 71.8. The lowest BCUT2D eigenvalue weighted by atomic mass is 10.1. The van der Waals surface area contributed by atoms with E-state index in [2.05, 4.69) is 17.2 Å². The highest BCUT2D eigenvalue weighted by molar-refractivity contribution is 6.30. The monoisotopic (exact) mass is 535 g/mol. The third-order valence-electron chi connectivity index (χ3n) is 4.52. The fourth-order valence-corrected chi connectivity index (χ4v) is 3.26. The first-order chi connectivity index (χ1) is 16.7. The average Bonchev–Trinajstić information content (AvgIpc) is 2.74. The van der Waals surface area contributed by atoms with Crippen LogP contribution in [0.1, 0.15) is 19.8 Å². The second kappa shape index (κ2) is 12.4. The molecule has 2 rings (SSSR count). The number of nitrogens with zero attached hydrogens (tertiary/aromatic N) is 1. The van der Waals surface area contributed by atoms with Crippen LogP contribution < -0.4 is 20.3 Å². The van der Waals surface area contributed by atoms with Crippen LogP contribution in [0.2, 0.25) is 5.02 Å². The molecule has 0 radical (unpaired) electrons. The van der Waals surface area contributed by atoms with Crippen molar-refractivity contribution in [2.75, 3.05) is 35.2 Å². The van der Waals surface area contributed by atoms with Crippen molar-refractivity contribution in [3.05, 3.63) is 59.1 Å². The van der Waals surface area contributed by atoms with E-state index in [0.29, 0.717) is 5.57 Å². The lowest BCUT2D eigenvalue weighted by Gasteiger charge is -2.28. The lowest BCUT2D eigenvalue weighted by molar-refractivity contribution is -0.139. The molecule has 0 saturated carbocycles. The number of carboxylic acid groups (broad SMARTS) is 1. The fraction of sp³-hybridized carbons (Fsp3) is 0.304. The van der Waals surface area contributed by atoms with Gasteiger partial charge in [0.25, 0.3) is 0 Å². The van der Waals surface area contributed by atoms with Gasteiger partial charge >= 0.3 is 18.2 Å². The van der Waals surface area contributed by atoms with Gasteiger partial charge in [0.1, 0.15) is 5.82 Å². The Bertz CT molecular complexity index is 1130. The van der Waals surface area contributed by atoms with E-state index in [-0.39, 0.29) is 41.6 Å². The van der Waals surface area contributed by atoms with E-state index in [0.717, 1.165) is 18.2 Å². The van der Waals surface area contributed by atoms with Gasteiger partial charge in [-0.25, -0.2) is 18.4 Å². The molecule has 36 heavy (non-hydrogen) atoms. The maximum absolute atomic E-state index is 14.7. The predicted molar refractivity (Wildman–Crippen MR) is 126 cm³/mol. The smallest absolute Gasteiger partial charge is 0.389 e. The summed E-state index contributed by atoms with van der Waals surface area (Å²) in [6.45, 7) is 4.30. The molecule has 0 atom stereocenters. The first kappa shape index (κ1) is 28.7. The van der Waals surface area contributed by atoms with Crippen molar-refractivity contribution in [1.82, 2.24) is 0 Å². The summed E-state index contributed by atoms with van der Waals surface area (Å²) in [5.74, 6) is -3.76. The minimum Gasteiger partial charge on any atom is -0.479 e. The Morgan fingerprint density at radius 2 is 1.78 bits per heavy atom. The highest BCUT2D eigenvalue weighted by Crippen LogP contribution is 2.34. The standard InChI is InChI=1S/C23H23ClF5N3O4/c1-13(2)11-32(7-3-6-23(27,28)29)19-9-16(26)20(36-12-21(33)34)10-18(19)31-22(35)30-17-5-4-14(24)8-15(17)25/h4-5,8-10H,1,3,6-7,11-12H2,2H3,(H,33,34)(H2,30,31,35). The van der Waals surface area contributed by atoms with Crippen LogP contribution in [-0.2, 0) is 4.79 Å². The molecule has 2 aromatic carbocycles. The van der Waals surface area contributed by atoms with Crippen LogP contribution in [0.25, 0.3) is 0 Å². The number of hydrogen-bond donors (Lipinski definition) is 3. The molecule has 0 saturated heterocycles. The number of benzene rings is 2. The average molecular weight is 536 g/mol. The number of amides is 2. The molecule has 0 bridgehead atoms. The number of alkyl halides is 3. The van der Waals surface area contributed by atoms with E-state index in [1.54, 1.807) is 6.92 Å². The third kappa shape index (κ3) is 9.25. The molecule has 13 heteroatoms. The topological polar surface area (TPSA) is 90.9 Å². The Morgan fingerprint density at radius 3 is 2.36 bits per heavy atom. The van der Waals surface area contributed by atoms with Gasteiger partial charge in [-0.05, 0) is 31.5 Å². The number of ether oxygens (including phenoxy) is 1. The van der Waals surface area contributed by atoms with Crippen LogP contribution in [0.15, 0.2) is 42.5 Å². The van der Waals surface area contributed by atoms with Crippen LogP contribution in [0.3, 0.4) is 0 Å². The molecule has 7 nitrogen and oxygen atoms in total. The quantitative estimate of drug-likeness (QED) is 0.227. The van der Waals surface area contributed by atoms with Crippen LogP contribution in [0.5, 0.6) is 5.75 Å². The Labute approximate surface area is 208 Å². The number of anilines is 3. The molecule has 0 aliphatic rings. The van der Waals surface area contributed by atoms with E-state index < -0.39 is 48.6 Å². The molecule has 0 unspecified atom stereocenters. The second-order valence-corrected chi connectivity index (χ2v) is 8.22. The second-order valence-electron chi connectivity index (χ2n) is 7.78. The predicted octanol–water partition coefficient (Wildman–Crippen LogP) is 6.45. The molecular weight excluding hydrogens is 513 g/mol. The number of urea groups is 1. The number of carbonyl (C=O) groups is 2. The Kier molecular flexibility index (Phi) is 9.91. The number of halogens is 6. The summed E-state index contributed by atoms with van der Waals surface area (Å²) in [7, 11) is 0. The van der Waals surface area contributed by atoms with E-state index >= 15 is 0 Å². The largest absolute Gasteiger partial charge is 0.479 e. The van der Waals surface area contributed by atoms with Gasteiger partial charge in [0.15, 0.2) is 18.2 Å². The van der Waals surface area contributed by atoms with Gasteiger partial charge in [0.05, 0.1) is 17.1 Å². The number of carboxylic acids is 1. The molecule has 0 aliphatic heterocycles. The highest BCUT2D eigenvalue weighted by atomic mass is 35.5. The number of nitrogens with one attached hydrogen (secondary N) is 2. The Morgan fingerprint density at radius 1 is 1.11 bits per heavy atom. The first-order valence-electron chi connectivity index (χ1n) is 10.4. The van der Waals surface area contributed by atoms with Gasteiger partial charge in [-0.15, -0.1) is 0 Å². The van der Waals surface area contributed by atoms with Crippen molar-refractivity contribution in [2.45, 2.75) is 25.9 Å². The van der Waals surface area contributed by atoms with E-state index in [1.807, 2.05) is 0 Å². The maximum Gasteiger partial charge on any atom is 0.389 e. The SMILES string of the molecule is C=C(C)CN(CCCC(F)(F)F)c1cc(F)c(OCC(=O)O)cc1NC(=O)Nc1ccc(Cl)cc1F. The minimum absolute atomic E-state index is 0.0212. The molecule has 0 heterocycles. The van der Waals surface area contributed by atoms with Gasteiger partial charge < -0.3 is 25.4 Å². The zero-order valence-corrected chi connectivity index (χ0v) is 19.8. The molecule has 0 aliphatic carbocycles. The summed E-state index contributed by atoms with van der Waals surface area (Å²) in [4.78, 5) is 24.8. The molecular formula is C23H23ClF5N3O4. The van der Waals surface area contributed by atoms with Crippen molar-refractivity contribution in [3.8, 4) is 5.75 Å². The summed E-state index contributed by atoms with van der Waals surface area (Å²) in [5, 5.41) is 13.5. The summed E-state index contributed by atoms with van der Waals surface area (Å²) in [5.41, 5.74) is 0.156. The zero-order chi connectivity index (χ0) is 27.0. The highest BCUT2D eigenvalue weighted by Gasteiger charge is 2.27. The molecule has 196 valence electrons. The van der Waals surface area contributed by atoms with Crippen LogP contribution in [0, 0.1) is 11.6 Å². The van der Waals surface area contributed by atoms with E-state index in [9.17, 15) is 31.5 Å². The van der Waals surface area contributed by atoms with Gasteiger partial charge in [0.2, 0.25) is 0 Å². The normalized spacial score (nSPS) is 11.1. The van der Waals surface area contributed by atoms with Crippen LogP contribution in [-0.4, -0.2) is 43.0 Å². The molecule has 0 aromatic heterocycles. The summed E-state index contributed by atoms with van der Waals surface area (Å²) >= 11 is 5.69. The zero-order valence-electron chi connectivity index (χ0n) is 19.0. The van der Waals surface area contributed by atoms with Crippen LogP contribution >= 0.6 is 11.6 Å². The maximum atomic E-state index is 14.7. The summed E-state index contributed by atoms with van der Waals surface area (Å²) in [6, 6.07) is 4.41. The fourth-order valence-electron chi connectivity index (χ4n) is 3.10. The van der Waals surface area contributed by atoms with Crippen molar-refractivity contribution < 1.29 is 41.4 Å². The van der Waals surface area contributed by atoms with E-state index in [1.165, 1.54) is 17.0 Å². The van der Waals surface area contributed by atoms with Crippen molar-refractivity contribution >= 4 is 40.7 Å². The Hall–Kier alpha value is -3.54. The molecule has 0 spiro atoms. The van der Waals surface area contributed by atoms with Gasteiger partial charge in [-0.1, -0.05) is 23.8 Å². The number of carbonyl (C=O) groups excluding carboxylic acids is 1. The summed E-state index contributed by atoms with van der Waals surface area (Å²) in [6.07, 6.45) is -5.84. The molecule has 2 aromatic rings. The third-order valence-corrected chi connectivity index (χ3v) is 4.75. The number of hydrogen-bond acceptors (Lipinski definition) is 4. The van der Waals surface area contributed by atoms with E-state index in [4.69, 9.17) is 21.4 Å². The first-order valence-corrected chi connectivity index (χ1v) is 10.8. The van der Waals surface area contributed by atoms with Crippen molar-refractivity contribution in [3.63, 3.8) is 0 Å². The van der Waals surface area contributed by atoms with Crippen molar-refractivity contribution in [1.29, 1.82) is 0 Å². The minimum atomic E-state index is -4.40. The number of aliphatic carboxylic acids is 1. The lowest BCUT2D eigenvalue weighted by Crippen LogP contribution is -2.29. The van der Waals surface area contributed by atoms with Crippen molar-refractivity contribution in [2.24, 2.45) is 0 Å². The van der Waals surface area contributed by atoms with Gasteiger partial charge in [-0.3, -0.25) is 0 Å². The van der Waals surface area contributed by atoms with Crippen LogP contribution in [0.4, 0.5) is 43.8 Å². The molecule has 0 fully saturated rings. The Balaban J connectivity index is 2.41.